The third-order valence-electron chi connectivity index (χ3n) is 2.31. The van der Waals surface area contributed by atoms with Crippen LogP contribution in [0, 0.1) is 3.57 Å². The molecule has 0 bridgehead atoms. The number of hydrogen-bond donors (Lipinski definition) is 1. The van der Waals surface area contributed by atoms with E-state index in [2.05, 4.69) is 61.7 Å². The van der Waals surface area contributed by atoms with Crippen molar-refractivity contribution < 1.29 is 0 Å². The second-order valence-corrected chi connectivity index (χ2v) is 4.84. The first-order chi connectivity index (χ1) is 7.84. The molecule has 1 N–H and O–H groups in total. The number of nitrogens with one attached hydrogen (secondary N) is 1. The number of aromatic nitrogens is 2. The summed E-state index contributed by atoms with van der Waals surface area (Å²) in [6.07, 6.45) is 6.76. The highest BCUT2D eigenvalue weighted by Crippen LogP contribution is 2.12. The van der Waals surface area contributed by atoms with Gasteiger partial charge in [-0.2, -0.15) is 0 Å². The van der Waals surface area contributed by atoms with Crippen LogP contribution in [0.15, 0.2) is 43.0 Å². The van der Waals surface area contributed by atoms with Crippen LogP contribution in [0.3, 0.4) is 0 Å². The lowest BCUT2D eigenvalue weighted by molar-refractivity contribution is 0.661. The molecule has 0 saturated carbocycles. The van der Waals surface area contributed by atoms with E-state index in [-0.39, 0.29) is 0 Å². The molecule has 1 aromatic heterocycles. The predicted molar refractivity (Wildman–Crippen MR) is 74.5 cm³/mol. The molecule has 4 heteroatoms. The number of benzene rings is 1. The molecule has 0 unspecified atom stereocenters. The zero-order valence-corrected chi connectivity index (χ0v) is 11.1. The van der Waals surface area contributed by atoms with E-state index < -0.39 is 0 Å². The fourth-order valence-electron chi connectivity index (χ4n) is 1.51. The highest BCUT2D eigenvalue weighted by atomic mass is 127. The zero-order valence-electron chi connectivity index (χ0n) is 8.94. The van der Waals surface area contributed by atoms with Gasteiger partial charge in [0.1, 0.15) is 0 Å². The summed E-state index contributed by atoms with van der Waals surface area (Å²) in [6, 6.07) is 8.41. The van der Waals surface area contributed by atoms with E-state index >= 15 is 0 Å². The Kier molecular flexibility index (Phi) is 4.21. The molecule has 16 heavy (non-hydrogen) atoms. The fourth-order valence-corrected chi connectivity index (χ4v) is 2.05. The Morgan fingerprint density at radius 3 is 3.06 bits per heavy atom. The summed E-state index contributed by atoms with van der Waals surface area (Å²) in [5, 5.41) is 3.41. The van der Waals surface area contributed by atoms with Gasteiger partial charge in [-0.3, -0.25) is 0 Å². The van der Waals surface area contributed by atoms with Crippen LogP contribution in [0.25, 0.3) is 0 Å². The first kappa shape index (κ1) is 11.4. The van der Waals surface area contributed by atoms with Crippen molar-refractivity contribution in [3.8, 4) is 0 Å². The average Bonchev–Trinajstić information content (AvgIpc) is 2.77. The molecule has 0 saturated heterocycles. The van der Waals surface area contributed by atoms with E-state index in [1.54, 1.807) is 0 Å². The monoisotopic (exact) mass is 327 g/mol. The number of hydrogen-bond acceptors (Lipinski definition) is 2. The van der Waals surface area contributed by atoms with Gasteiger partial charge in [0.05, 0.1) is 6.33 Å². The van der Waals surface area contributed by atoms with Crippen LogP contribution >= 0.6 is 22.6 Å². The summed E-state index contributed by atoms with van der Waals surface area (Å²) < 4.78 is 3.35. The lowest BCUT2D eigenvalue weighted by Gasteiger charge is -2.06. The molecule has 2 rings (SSSR count). The second kappa shape index (κ2) is 5.89. The molecule has 1 heterocycles. The van der Waals surface area contributed by atoms with Crippen LogP contribution in [0.4, 0.5) is 5.69 Å². The van der Waals surface area contributed by atoms with Gasteiger partial charge >= 0.3 is 0 Å². The summed E-state index contributed by atoms with van der Waals surface area (Å²) in [5.41, 5.74) is 1.19. The number of anilines is 1. The van der Waals surface area contributed by atoms with E-state index in [1.807, 2.05) is 18.7 Å². The normalized spacial score (nSPS) is 10.3. The molecule has 0 aliphatic heterocycles. The SMILES string of the molecule is Ic1cccc(NCCCn2ccnc2)c1. The van der Waals surface area contributed by atoms with Gasteiger partial charge in [0.25, 0.3) is 0 Å². The van der Waals surface area contributed by atoms with Crippen LogP contribution in [-0.2, 0) is 6.54 Å². The molecule has 0 atom stereocenters. The molecule has 3 nitrogen and oxygen atoms in total. The third-order valence-corrected chi connectivity index (χ3v) is 2.98. The van der Waals surface area contributed by atoms with Crippen LogP contribution in [0.1, 0.15) is 6.42 Å². The number of rotatable bonds is 5. The molecule has 2 aromatic rings. The maximum Gasteiger partial charge on any atom is 0.0945 e. The highest BCUT2D eigenvalue weighted by Gasteiger charge is 1.93. The number of nitrogens with zero attached hydrogens (tertiary/aromatic N) is 2. The van der Waals surface area contributed by atoms with Gasteiger partial charge in [-0.1, -0.05) is 6.07 Å². The Labute approximate surface area is 109 Å². The molecule has 1 aromatic carbocycles. The lowest BCUT2D eigenvalue weighted by atomic mass is 10.3. The molecule has 0 fully saturated rings. The molecule has 0 aliphatic rings. The lowest BCUT2D eigenvalue weighted by Crippen LogP contribution is -2.05. The first-order valence-corrected chi connectivity index (χ1v) is 6.38. The quantitative estimate of drug-likeness (QED) is 0.676. The largest absolute Gasteiger partial charge is 0.385 e. The van der Waals surface area contributed by atoms with Crippen molar-refractivity contribution in [3.63, 3.8) is 0 Å². The molecular weight excluding hydrogens is 313 g/mol. The topological polar surface area (TPSA) is 29.9 Å². The van der Waals surface area contributed by atoms with E-state index in [9.17, 15) is 0 Å². The Morgan fingerprint density at radius 1 is 1.38 bits per heavy atom. The fraction of sp³-hybridized carbons (Fsp3) is 0.250. The number of halogens is 1. The summed E-state index contributed by atoms with van der Waals surface area (Å²) in [5.74, 6) is 0. The number of aryl methyl sites for hydroxylation is 1. The maximum absolute atomic E-state index is 4.01. The number of imidazole rings is 1. The minimum absolute atomic E-state index is 0.984. The zero-order chi connectivity index (χ0) is 11.2. The standard InChI is InChI=1S/C12H14IN3/c13-11-3-1-4-12(9-11)15-5-2-7-16-8-6-14-10-16/h1,3-4,6,8-10,15H,2,5,7H2. The highest BCUT2D eigenvalue weighted by molar-refractivity contribution is 14.1. The predicted octanol–water partition coefficient (Wildman–Crippen LogP) is 2.99. The van der Waals surface area contributed by atoms with Gasteiger partial charge in [0, 0.05) is 34.7 Å². The minimum Gasteiger partial charge on any atom is -0.385 e. The Hall–Kier alpha value is -1.04. The van der Waals surface area contributed by atoms with Crippen molar-refractivity contribution in [2.45, 2.75) is 13.0 Å². The minimum atomic E-state index is 0.984. The van der Waals surface area contributed by atoms with Gasteiger partial charge < -0.3 is 9.88 Å². The van der Waals surface area contributed by atoms with Crippen LogP contribution in [0.5, 0.6) is 0 Å². The Balaban J connectivity index is 1.72. The summed E-state index contributed by atoms with van der Waals surface area (Å²) in [4.78, 5) is 4.01. The molecule has 0 aliphatic carbocycles. The van der Waals surface area contributed by atoms with Gasteiger partial charge in [0.2, 0.25) is 0 Å². The van der Waals surface area contributed by atoms with Crippen molar-refractivity contribution in [2.24, 2.45) is 0 Å². The third kappa shape index (κ3) is 3.52. The second-order valence-electron chi connectivity index (χ2n) is 3.59. The Bertz CT molecular complexity index is 426. The van der Waals surface area contributed by atoms with Gasteiger partial charge in [-0.25, -0.2) is 4.98 Å². The molecular formula is C12H14IN3. The van der Waals surface area contributed by atoms with Gasteiger partial charge in [0.15, 0.2) is 0 Å². The van der Waals surface area contributed by atoms with Crippen molar-refractivity contribution in [1.29, 1.82) is 0 Å². The average molecular weight is 327 g/mol. The summed E-state index contributed by atoms with van der Waals surface area (Å²) >= 11 is 2.32. The van der Waals surface area contributed by atoms with Crippen LogP contribution in [-0.4, -0.2) is 16.1 Å². The van der Waals surface area contributed by atoms with Crippen molar-refractivity contribution in [2.75, 3.05) is 11.9 Å². The molecule has 0 spiro atoms. The van der Waals surface area contributed by atoms with Crippen molar-refractivity contribution in [1.82, 2.24) is 9.55 Å². The maximum atomic E-state index is 4.01. The van der Waals surface area contributed by atoms with Crippen molar-refractivity contribution in [3.05, 3.63) is 46.6 Å². The van der Waals surface area contributed by atoms with Crippen molar-refractivity contribution >= 4 is 28.3 Å². The summed E-state index contributed by atoms with van der Waals surface area (Å²) in [7, 11) is 0. The van der Waals surface area contributed by atoms with E-state index in [1.165, 1.54) is 9.26 Å². The van der Waals surface area contributed by atoms with Gasteiger partial charge in [-0.05, 0) is 47.2 Å². The molecule has 0 radical (unpaired) electrons. The van der Waals surface area contributed by atoms with E-state index in [0.29, 0.717) is 0 Å². The van der Waals surface area contributed by atoms with E-state index in [4.69, 9.17) is 0 Å². The first-order valence-electron chi connectivity index (χ1n) is 5.30. The van der Waals surface area contributed by atoms with Crippen LogP contribution in [0.2, 0.25) is 0 Å². The van der Waals surface area contributed by atoms with Crippen LogP contribution < -0.4 is 5.32 Å². The van der Waals surface area contributed by atoms with Gasteiger partial charge in [-0.15, -0.1) is 0 Å². The van der Waals surface area contributed by atoms with E-state index in [0.717, 1.165) is 19.5 Å². The molecule has 84 valence electrons. The Morgan fingerprint density at radius 2 is 2.31 bits per heavy atom. The molecule has 0 amide bonds. The smallest absolute Gasteiger partial charge is 0.0945 e. The summed E-state index contributed by atoms with van der Waals surface area (Å²) in [6.45, 7) is 2.00.